The molecule has 8 heteroatoms. The SMILES string of the molecule is COc1ccc(C(N)=S)c(N(CCO)CC(F)(F)F)c1. The van der Waals surface area contributed by atoms with E-state index in [9.17, 15) is 13.2 Å². The Kier molecular flexibility index (Phi) is 5.58. The number of anilines is 1. The molecule has 0 saturated heterocycles. The number of hydrogen-bond acceptors (Lipinski definition) is 4. The van der Waals surface area contributed by atoms with Crippen molar-refractivity contribution in [3.8, 4) is 5.75 Å². The lowest BCUT2D eigenvalue weighted by Gasteiger charge is -2.27. The number of aliphatic hydroxyl groups excluding tert-OH is 1. The summed E-state index contributed by atoms with van der Waals surface area (Å²) in [6, 6.07) is 4.47. The molecule has 0 spiro atoms. The zero-order valence-electron chi connectivity index (χ0n) is 10.8. The van der Waals surface area contributed by atoms with Gasteiger partial charge in [-0.2, -0.15) is 13.2 Å². The molecule has 0 heterocycles. The predicted molar refractivity (Wildman–Crippen MR) is 74.2 cm³/mol. The number of benzene rings is 1. The molecule has 0 aromatic heterocycles. The topological polar surface area (TPSA) is 58.7 Å². The second-order valence-electron chi connectivity index (χ2n) is 4.01. The van der Waals surface area contributed by atoms with Crippen molar-refractivity contribution in [1.82, 2.24) is 0 Å². The van der Waals surface area contributed by atoms with E-state index in [1.165, 1.54) is 19.2 Å². The Morgan fingerprint density at radius 1 is 1.45 bits per heavy atom. The van der Waals surface area contributed by atoms with E-state index in [4.69, 9.17) is 27.8 Å². The fraction of sp³-hybridized carbons (Fsp3) is 0.417. The number of alkyl halides is 3. The van der Waals surface area contributed by atoms with E-state index < -0.39 is 19.3 Å². The van der Waals surface area contributed by atoms with Crippen molar-refractivity contribution in [2.75, 3.05) is 31.7 Å². The first kappa shape index (κ1) is 16.5. The average molecular weight is 308 g/mol. The maximum absolute atomic E-state index is 12.6. The van der Waals surface area contributed by atoms with Crippen molar-refractivity contribution < 1.29 is 23.0 Å². The lowest BCUT2D eigenvalue weighted by molar-refractivity contribution is -0.119. The standard InChI is InChI=1S/C12H15F3N2O2S/c1-19-8-2-3-9(11(16)20)10(6-8)17(4-5-18)7-12(13,14)15/h2-3,6,18H,4-5,7H2,1H3,(H2,16,20). The highest BCUT2D eigenvalue weighted by Gasteiger charge is 2.31. The second-order valence-corrected chi connectivity index (χ2v) is 4.45. The van der Waals surface area contributed by atoms with E-state index in [1.807, 2.05) is 0 Å². The molecule has 0 bridgehead atoms. The van der Waals surface area contributed by atoms with Gasteiger partial charge in [0.2, 0.25) is 0 Å². The third-order valence-electron chi connectivity index (χ3n) is 2.55. The van der Waals surface area contributed by atoms with Crippen LogP contribution in [0.25, 0.3) is 0 Å². The zero-order chi connectivity index (χ0) is 15.3. The first-order chi connectivity index (χ1) is 9.28. The molecule has 0 aliphatic heterocycles. The van der Waals surface area contributed by atoms with E-state index in [-0.39, 0.29) is 17.2 Å². The van der Waals surface area contributed by atoms with Gasteiger partial charge in [-0.15, -0.1) is 0 Å². The summed E-state index contributed by atoms with van der Waals surface area (Å²) in [4.78, 5) is 0.949. The van der Waals surface area contributed by atoms with Crippen LogP contribution in [0.4, 0.5) is 18.9 Å². The van der Waals surface area contributed by atoms with Crippen LogP contribution in [0.3, 0.4) is 0 Å². The fourth-order valence-corrected chi connectivity index (χ4v) is 1.90. The Labute approximate surface area is 119 Å². The Morgan fingerprint density at radius 2 is 2.10 bits per heavy atom. The fourth-order valence-electron chi connectivity index (χ4n) is 1.73. The van der Waals surface area contributed by atoms with Gasteiger partial charge in [-0.05, 0) is 12.1 Å². The van der Waals surface area contributed by atoms with Crippen LogP contribution < -0.4 is 15.4 Å². The number of methoxy groups -OCH3 is 1. The molecule has 112 valence electrons. The molecular formula is C12H15F3N2O2S. The lowest BCUT2D eigenvalue weighted by Crippen LogP contribution is -2.37. The summed E-state index contributed by atoms with van der Waals surface area (Å²) >= 11 is 4.84. The molecular weight excluding hydrogens is 293 g/mol. The maximum Gasteiger partial charge on any atom is 0.405 e. The molecule has 4 nitrogen and oxygen atoms in total. The monoisotopic (exact) mass is 308 g/mol. The molecule has 0 radical (unpaired) electrons. The minimum Gasteiger partial charge on any atom is -0.497 e. The van der Waals surface area contributed by atoms with Gasteiger partial charge in [-0.1, -0.05) is 12.2 Å². The highest BCUT2D eigenvalue weighted by molar-refractivity contribution is 7.80. The summed E-state index contributed by atoms with van der Waals surface area (Å²) in [6.07, 6.45) is -4.41. The van der Waals surface area contributed by atoms with Crippen molar-refractivity contribution in [2.24, 2.45) is 5.73 Å². The van der Waals surface area contributed by atoms with Crippen LogP contribution in [0, 0.1) is 0 Å². The van der Waals surface area contributed by atoms with Gasteiger partial charge in [0.05, 0.1) is 19.4 Å². The summed E-state index contributed by atoms with van der Waals surface area (Å²) in [6.45, 7) is -1.83. The number of nitrogens with two attached hydrogens (primary N) is 1. The number of ether oxygens (including phenoxy) is 1. The molecule has 0 amide bonds. The third kappa shape index (κ3) is 4.53. The highest BCUT2D eigenvalue weighted by Crippen LogP contribution is 2.29. The molecule has 0 unspecified atom stereocenters. The number of rotatable bonds is 6. The van der Waals surface area contributed by atoms with Crippen molar-refractivity contribution in [3.05, 3.63) is 23.8 Å². The van der Waals surface area contributed by atoms with Gasteiger partial charge in [0.1, 0.15) is 17.3 Å². The first-order valence-electron chi connectivity index (χ1n) is 5.69. The quantitative estimate of drug-likeness (QED) is 0.783. The van der Waals surface area contributed by atoms with Crippen molar-refractivity contribution in [1.29, 1.82) is 0 Å². The number of halogens is 3. The number of aliphatic hydroxyl groups is 1. The van der Waals surface area contributed by atoms with Gasteiger partial charge in [-0.25, -0.2) is 0 Å². The molecule has 0 fully saturated rings. The summed E-state index contributed by atoms with van der Waals surface area (Å²) in [7, 11) is 1.40. The first-order valence-corrected chi connectivity index (χ1v) is 6.09. The highest BCUT2D eigenvalue weighted by atomic mass is 32.1. The van der Waals surface area contributed by atoms with E-state index in [2.05, 4.69) is 0 Å². The van der Waals surface area contributed by atoms with E-state index in [0.717, 1.165) is 4.90 Å². The van der Waals surface area contributed by atoms with E-state index in [0.29, 0.717) is 11.3 Å². The Bertz CT molecular complexity index is 480. The van der Waals surface area contributed by atoms with Gasteiger partial charge in [0.25, 0.3) is 0 Å². The minimum atomic E-state index is -4.41. The molecule has 1 aromatic rings. The Balaban J connectivity index is 3.25. The van der Waals surface area contributed by atoms with Gasteiger partial charge < -0.3 is 20.5 Å². The average Bonchev–Trinajstić information content (AvgIpc) is 2.35. The summed E-state index contributed by atoms with van der Waals surface area (Å²) in [5.74, 6) is 0.380. The van der Waals surface area contributed by atoms with Crippen LogP contribution >= 0.6 is 12.2 Å². The predicted octanol–water partition coefficient (Wildman–Crippen LogP) is 1.69. The lowest BCUT2D eigenvalue weighted by atomic mass is 10.1. The minimum absolute atomic E-state index is 0.0206. The number of thiocarbonyl (C=S) groups is 1. The Hall–Kier alpha value is -1.54. The van der Waals surface area contributed by atoms with Crippen molar-refractivity contribution in [2.45, 2.75) is 6.18 Å². The van der Waals surface area contributed by atoms with Gasteiger partial charge >= 0.3 is 6.18 Å². The molecule has 0 atom stereocenters. The van der Waals surface area contributed by atoms with Gasteiger partial charge in [0.15, 0.2) is 0 Å². The van der Waals surface area contributed by atoms with Crippen LogP contribution in [-0.2, 0) is 0 Å². The number of nitrogens with zero attached hydrogens (tertiary/aromatic N) is 1. The van der Waals surface area contributed by atoms with Gasteiger partial charge in [-0.3, -0.25) is 0 Å². The molecule has 0 aliphatic rings. The molecule has 0 aliphatic carbocycles. The molecule has 1 aromatic carbocycles. The maximum atomic E-state index is 12.6. The Morgan fingerprint density at radius 3 is 2.55 bits per heavy atom. The van der Waals surface area contributed by atoms with Crippen LogP contribution in [0.15, 0.2) is 18.2 Å². The third-order valence-corrected chi connectivity index (χ3v) is 2.77. The molecule has 1 rings (SSSR count). The van der Waals surface area contributed by atoms with E-state index in [1.54, 1.807) is 6.07 Å². The molecule has 3 N–H and O–H groups in total. The van der Waals surface area contributed by atoms with Crippen molar-refractivity contribution >= 4 is 22.9 Å². The van der Waals surface area contributed by atoms with E-state index >= 15 is 0 Å². The summed E-state index contributed by atoms with van der Waals surface area (Å²) < 4.78 is 42.8. The smallest absolute Gasteiger partial charge is 0.405 e. The number of hydrogen-bond donors (Lipinski definition) is 2. The van der Waals surface area contributed by atoms with Crippen LogP contribution in [-0.4, -0.2) is 43.1 Å². The van der Waals surface area contributed by atoms with Crippen LogP contribution in [0.2, 0.25) is 0 Å². The normalized spacial score (nSPS) is 11.2. The summed E-state index contributed by atoms with van der Waals surface area (Å²) in [5.41, 5.74) is 6.01. The van der Waals surface area contributed by atoms with Crippen LogP contribution in [0.1, 0.15) is 5.56 Å². The largest absolute Gasteiger partial charge is 0.497 e. The molecule has 0 saturated carbocycles. The molecule has 20 heavy (non-hydrogen) atoms. The summed E-state index contributed by atoms with van der Waals surface area (Å²) in [5, 5.41) is 8.95. The van der Waals surface area contributed by atoms with Gasteiger partial charge in [0, 0.05) is 18.2 Å². The zero-order valence-corrected chi connectivity index (χ0v) is 11.6. The second kappa shape index (κ2) is 6.76. The van der Waals surface area contributed by atoms with Crippen molar-refractivity contribution in [3.63, 3.8) is 0 Å². The van der Waals surface area contributed by atoms with Crippen LogP contribution in [0.5, 0.6) is 5.75 Å².